The summed E-state index contributed by atoms with van der Waals surface area (Å²) in [4.78, 5) is 9.68. The second kappa shape index (κ2) is 5.22. The SMILES string of the molecule is O=NN1CCCC1.[O-][Cl+3]([O-])([O-])O. The molecule has 1 heterocycles. The average molecular weight is 201 g/mol. The number of hydrogen-bond donors (Lipinski definition) is 1. The first-order valence-corrected chi connectivity index (χ1v) is 4.41. The Balaban J connectivity index is 0.000000217. The van der Waals surface area contributed by atoms with Crippen molar-refractivity contribution in [3.8, 4) is 0 Å². The van der Waals surface area contributed by atoms with Crippen LogP contribution in [0.25, 0.3) is 0 Å². The van der Waals surface area contributed by atoms with Crippen LogP contribution in [0.1, 0.15) is 12.8 Å². The smallest absolute Gasteiger partial charge is 0.0777 e. The van der Waals surface area contributed by atoms with E-state index >= 15 is 0 Å². The molecule has 1 fully saturated rings. The number of hydrogen-bond acceptors (Lipinski definition) is 6. The van der Waals surface area contributed by atoms with Crippen LogP contribution < -0.4 is 14.0 Å². The summed E-state index contributed by atoms with van der Waals surface area (Å²) < 4.78 is 32.7. The molecule has 12 heavy (non-hydrogen) atoms. The molecule has 0 aromatic carbocycles. The molecule has 72 valence electrons. The lowest BCUT2D eigenvalue weighted by Crippen LogP contribution is -2.58. The van der Waals surface area contributed by atoms with Crippen molar-refractivity contribution in [2.45, 2.75) is 12.8 Å². The van der Waals surface area contributed by atoms with E-state index in [2.05, 4.69) is 5.29 Å². The van der Waals surface area contributed by atoms with Gasteiger partial charge < -0.3 is 0 Å². The highest BCUT2D eigenvalue weighted by molar-refractivity contribution is 4.59. The van der Waals surface area contributed by atoms with Gasteiger partial charge in [0, 0.05) is 13.1 Å². The Hall–Kier alpha value is -0.470. The Morgan fingerprint density at radius 1 is 1.25 bits per heavy atom. The highest BCUT2D eigenvalue weighted by Gasteiger charge is 2.08. The first kappa shape index (κ1) is 11.5. The minimum atomic E-state index is -4.69. The molecule has 0 aromatic rings. The summed E-state index contributed by atoms with van der Waals surface area (Å²) in [6, 6.07) is 0. The van der Waals surface area contributed by atoms with Crippen LogP contribution in [0, 0.1) is 15.2 Å². The number of halogens is 1. The largest absolute Gasteiger partial charge is 0.261 e. The lowest BCUT2D eigenvalue weighted by molar-refractivity contribution is -1.92. The van der Waals surface area contributed by atoms with Gasteiger partial charge in [-0.3, -0.25) is 5.01 Å². The summed E-state index contributed by atoms with van der Waals surface area (Å²) >= 11 is 0. The molecule has 0 spiro atoms. The lowest BCUT2D eigenvalue weighted by atomic mass is 10.4. The zero-order valence-electron chi connectivity index (χ0n) is 6.18. The predicted molar refractivity (Wildman–Crippen MR) is 28.8 cm³/mol. The quantitative estimate of drug-likeness (QED) is 0.441. The third-order valence-electron chi connectivity index (χ3n) is 1.20. The molecule has 1 aliphatic heterocycles. The molecular weight excluding hydrogens is 192 g/mol. The Labute approximate surface area is 70.9 Å². The van der Waals surface area contributed by atoms with Crippen LogP contribution in [-0.4, -0.2) is 22.8 Å². The van der Waals surface area contributed by atoms with Gasteiger partial charge in [0.15, 0.2) is 0 Å². The van der Waals surface area contributed by atoms with Crippen molar-refractivity contribution in [3.63, 3.8) is 0 Å². The van der Waals surface area contributed by atoms with Gasteiger partial charge in [-0.05, 0) is 12.8 Å². The number of nitrogens with zero attached hydrogens (tertiary/aromatic N) is 2. The van der Waals surface area contributed by atoms with Crippen LogP contribution >= 0.6 is 0 Å². The molecule has 0 amide bonds. The van der Waals surface area contributed by atoms with Crippen LogP contribution in [0.3, 0.4) is 0 Å². The van der Waals surface area contributed by atoms with Crippen molar-refractivity contribution in [2.75, 3.05) is 13.1 Å². The summed E-state index contributed by atoms with van der Waals surface area (Å²) in [5, 5.41) is 4.33. The van der Waals surface area contributed by atoms with E-state index in [1.807, 2.05) is 0 Å². The maximum Gasteiger partial charge on any atom is 0.0777 e. The monoisotopic (exact) mass is 200 g/mol. The molecular formula is C4H9ClN2O5. The lowest BCUT2D eigenvalue weighted by Gasteiger charge is -2.03. The molecule has 1 rings (SSSR count). The minimum Gasteiger partial charge on any atom is -0.261 e. The zero-order valence-corrected chi connectivity index (χ0v) is 6.94. The Kier molecular flexibility index (Phi) is 5.02. The fraction of sp³-hybridized carbons (Fsp3) is 1.00. The van der Waals surface area contributed by atoms with E-state index in [9.17, 15) is 4.91 Å². The summed E-state index contributed by atoms with van der Waals surface area (Å²) in [5.74, 6) is 0. The van der Waals surface area contributed by atoms with Gasteiger partial charge in [0.1, 0.15) is 0 Å². The van der Waals surface area contributed by atoms with Crippen LogP contribution in [0.2, 0.25) is 0 Å². The van der Waals surface area contributed by atoms with Gasteiger partial charge in [-0.2, -0.15) is 14.0 Å². The first-order valence-electron chi connectivity index (χ1n) is 3.15. The molecule has 0 aliphatic carbocycles. The fourth-order valence-corrected chi connectivity index (χ4v) is 0.782. The van der Waals surface area contributed by atoms with E-state index in [4.69, 9.17) is 18.6 Å². The van der Waals surface area contributed by atoms with Crippen molar-refractivity contribution in [2.24, 2.45) is 5.29 Å². The van der Waals surface area contributed by atoms with Crippen molar-refractivity contribution in [3.05, 3.63) is 4.91 Å². The molecule has 0 atom stereocenters. The van der Waals surface area contributed by atoms with E-state index in [0.717, 1.165) is 25.9 Å². The Morgan fingerprint density at radius 3 is 1.75 bits per heavy atom. The Bertz CT molecular complexity index is 126. The van der Waals surface area contributed by atoms with E-state index in [0.29, 0.717) is 0 Å². The van der Waals surface area contributed by atoms with Gasteiger partial charge in [0.2, 0.25) is 0 Å². The summed E-state index contributed by atoms with van der Waals surface area (Å²) in [6.07, 6.45) is 2.26. The number of nitroso groups, excluding NO2 is 1. The highest BCUT2D eigenvalue weighted by atomic mass is 35.7. The van der Waals surface area contributed by atoms with Crippen molar-refractivity contribution in [1.29, 1.82) is 0 Å². The first-order chi connectivity index (χ1) is 5.43. The molecule has 8 heteroatoms. The van der Waals surface area contributed by atoms with Gasteiger partial charge in [-0.15, -0.1) is 4.91 Å². The van der Waals surface area contributed by atoms with E-state index in [1.54, 1.807) is 5.01 Å². The zero-order chi connectivity index (χ0) is 9.61. The van der Waals surface area contributed by atoms with Gasteiger partial charge >= 0.3 is 0 Å². The fourth-order valence-electron chi connectivity index (χ4n) is 0.782. The van der Waals surface area contributed by atoms with Gasteiger partial charge in [0.25, 0.3) is 0 Å². The second-order valence-corrected chi connectivity index (χ2v) is 2.93. The van der Waals surface area contributed by atoms with E-state index in [1.165, 1.54) is 0 Å². The van der Waals surface area contributed by atoms with Crippen LogP contribution in [0.4, 0.5) is 0 Å². The number of rotatable bonds is 1. The van der Waals surface area contributed by atoms with Gasteiger partial charge in [-0.25, -0.2) is 0 Å². The van der Waals surface area contributed by atoms with Crippen LogP contribution in [0.15, 0.2) is 5.29 Å². The summed E-state index contributed by atoms with van der Waals surface area (Å²) in [7, 11) is -4.69. The van der Waals surface area contributed by atoms with Crippen molar-refractivity contribution in [1.82, 2.24) is 5.01 Å². The van der Waals surface area contributed by atoms with Crippen molar-refractivity contribution >= 4 is 0 Å². The molecule has 0 unspecified atom stereocenters. The second-order valence-electron chi connectivity index (χ2n) is 2.14. The summed E-state index contributed by atoms with van der Waals surface area (Å²) in [6.45, 7) is 1.73. The maximum absolute atomic E-state index is 9.68. The molecule has 7 nitrogen and oxygen atoms in total. The maximum atomic E-state index is 9.68. The molecule has 1 saturated heterocycles. The summed E-state index contributed by atoms with van der Waals surface area (Å²) in [5.41, 5.74) is 0. The van der Waals surface area contributed by atoms with E-state index < -0.39 is 10.2 Å². The van der Waals surface area contributed by atoms with Crippen LogP contribution in [-0.2, 0) is 0 Å². The van der Waals surface area contributed by atoms with Gasteiger partial charge in [0.05, 0.1) is 20.2 Å². The van der Waals surface area contributed by atoms with Gasteiger partial charge in [-0.1, -0.05) is 0 Å². The molecule has 0 bridgehead atoms. The molecule has 0 aromatic heterocycles. The molecule has 1 aliphatic rings. The molecule has 0 saturated carbocycles. The average Bonchev–Trinajstić information content (AvgIpc) is 2.33. The van der Waals surface area contributed by atoms with E-state index in [-0.39, 0.29) is 0 Å². The third kappa shape index (κ3) is 9.53. The molecule has 0 radical (unpaired) electrons. The minimum absolute atomic E-state index is 0.865. The highest BCUT2D eigenvalue weighted by Crippen LogP contribution is 2.05. The Morgan fingerprint density at radius 2 is 1.58 bits per heavy atom. The third-order valence-corrected chi connectivity index (χ3v) is 1.20. The normalized spacial score (nSPS) is 16.8. The standard InChI is InChI=1S/C4H8N2O.ClHO4/c7-5-6-3-1-2-4-6;2-1(3,4)5/h1-4H2;(H,2,3,4,5). The van der Waals surface area contributed by atoms with Crippen LogP contribution in [0.5, 0.6) is 0 Å². The van der Waals surface area contributed by atoms with Crippen molar-refractivity contribution < 1.29 is 28.9 Å². The topological polar surface area (TPSA) is 122 Å². The molecule has 1 N–H and O–H groups in total. The predicted octanol–water partition coefficient (Wildman–Crippen LogP) is -3.36.